The lowest BCUT2D eigenvalue weighted by Crippen LogP contribution is -2.20. The molecule has 0 bridgehead atoms. The Balaban J connectivity index is 1.55. The van der Waals surface area contributed by atoms with Gasteiger partial charge in [0.05, 0.1) is 27.8 Å². The van der Waals surface area contributed by atoms with Gasteiger partial charge >= 0.3 is 0 Å². The molecule has 4 nitrogen and oxygen atoms in total. The summed E-state index contributed by atoms with van der Waals surface area (Å²) in [5, 5.41) is 12.3. The second-order valence-electron chi connectivity index (χ2n) is 7.50. The average Bonchev–Trinajstić information content (AvgIpc) is 3.60. The quantitative estimate of drug-likeness (QED) is 0.247. The highest BCUT2D eigenvalue weighted by molar-refractivity contribution is 9.10. The van der Waals surface area contributed by atoms with Crippen LogP contribution in [0.2, 0.25) is 0 Å². The molecule has 0 saturated heterocycles. The number of thiophene rings is 2. The van der Waals surface area contributed by atoms with Gasteiger partial charge in [-0.25, -0.2) is 15.0 Å². The molecule has 32 heavy (non-hydrogen) atoms. The van der Waals surface area contributed by atoms with Gasteiger partial charge in [-0.3, -0.25) is 0 Å². The Labute approximate surface area is 202 Å². The lowest BCUT2D eigenvalue weighted by atomic mass is 10.1. The van der Waals surface area contributed by atoms with E-state index >= 15 is 0 Å². The van der Waals surface area contributed by atoms with E-state index in [1.54, 1.807) is 22.7 Å². The third-order valence-corrected chi connectivity index (χ3v) is 7.87. The van der Waals surface area contributed by atoms with Crippen LogP contribution in [0.15, 0.2) is 93.1 Å². The SMILES string of the molecule is Brc1ccc2nc(N3N=C(c4cccs4)C[C@H]3c3cccs3)nc(-c3ccccc3)c2c1. The van der Waals surface area contributed by atoms with Gasteiger partial charge in [-0.2, -0.15) is 5.10 Å². The molecule has 3 aromatic heterocycles. The molecule has 2 aromatic carbocycles. The molecule has 0 spiro atoms. The number of nitrogens with zero attached hydrogens (tertiary/aromatic N) is 4. The molecule has 1 aliphatic rings. The van der Waals surface area contributed by atoms with Crippen LogP contribution in [0.5, 0.6) is 0 Å². The molecule has 5 aromatic rings. The lowest BCUT2D eigenvalue weighted by Gasteiger charge is -2.21. The van der Waals surface area contributed by atoms with Crippen molar-refractivity contribution in [2.24, 2.45) is 5.10 Å². The first kappa shape index (κ1) is 19.8. The van der Waals surface area contributed by atoms with E-state index in [1.807, 2.05) is 35.3 Å². The van der Waals surface area contributed by atoms with Crippen molar-refractivity contribution in [3.63, 3.8) is 0 Å². The molecule has 0 saturated carbocycles. The molecule has 1 aliphatic heterocycles. The molecule has 156 valence electrons. The lowest BCUT2D eigenvalue weighted by molar-refractivity contribution is 0.700. The average molecular weight is 517 g/mol. The molecular formula is C25H17BrN4S2. The highest BCUT2D eigenvalue weighted by Gasteiger charge is 2.33. The van der Waals surface area contributed by atoms with E-state index in [1.165, 1.54) is 9.75 Å². The van der Waals surface area contributed by atoms with Crippen LogP contribution >= 0.6 is 38.6 Å². The smallest absolute Gasteiger partial charge is 0.223 e. The topological polar surface area (TPSA) is 41.4 Å². The summed E-state index contributed by atoms with van der Waals surface area (Å²) in [6.07, 6.45) is 0.837. The summed E-state index contributed by atoms with van der Waals surface area (Å²) in [5.41, 5.74) is 3.96. The van der Waals surface area contributed by atoms with Gasteiger partial charge in [-0.05, 0) is 41.1 Å². The van der Waals surface area contributed by atoms with Gasteiger partial charge in [-0.15, -0.1) is 22.7 Å². The Kier molecular flexibility index (Phi) is 5.09. The summed E-state index contributed by atoms with van der Waals surface area (Å²) in [5.74, 6) is 0.628. The highest BCUT2D eigenvalue weighted by atomic mass is 79.9. The monoisotopic (exact) mass is 516 g/mol. The molecule has 0 radical (unpaired) electrons. The van der Waals surface area contributed by atoms with Gasteiger partial charge in [-0.1, -0.05) is 58.4 Å². The number of hydrogen-bond acceptors (Lipinski definition) is 6. The predicted octanol–water partition coefficient (Wildman–Crippen LogP) is 7.54. The number of fused-ring (bicyclic) bond motifs is 1. The van der Waals surface area contributed by atoms with Gasteiger partial charge in [0.1, 0.15) is 0 Å². The molecule has 0 N–H and O–H groups in total. The Morgan fingerprint density at radius 1 is 0.875 bits per heavy atom. The fourth-order valence-corrected chi connectivity index (χ4v) is 5.89. The van der Waals surface area contributed by atoms with Crippen molar-refractivity contribution >= 4 is 61.2 Å². The van der Waals surface area contributed by atoms with Crippen LogP contribution in [-0.4, -0.2) is 15.7 Å². The van der Waals surface area contributed by atoms with E-state index in [4.69, 9.17) is 15.1 Å². The molecule has 0 fully saturated rings. The van der Waals surface area contributed by atoms with Gasteiger partial charge in [0.2, 0.25) is 5.95 Å². The number of benzene rings is 2. The summed E-state index contributed by atoms with van der Waals surface area (Å²) >= 11 is 7.08. The van der Waals surface area contributed by atoms with Crippen LogP contribution in [0, 0.1) is 0 Å². The van der Waals surface area contributed by atoms with Gasteiger partial charge < -0.3 is 0 Å². The Morgan fingerprint density at radius 2 is 1.72 bits per heavy atom. The zero-order valence-corrected chi connectivity index (χ0v) is 20.1. The summed E-state index contributed by atoms with van der Waals surface area (Å²) in [6.45, 7) is 0. The number of aromatic nitrogens is 2. The van der Waals surface area contributed by atoms with E-state index < -0.39 is 0 Å². The number of anilines is 1. The molecule has 7 heteroatoms. The molecule has 0 unspecified atom stereocenters. The highest BCUT2D eigenvalue weighted by Crippen LogP contribution is 2.39. The minimum atomic E-state index is 0.0867. The van der Waals surface area contributed by atoms with Crippen LogP contribution in [0.1, 0.15) is 22.2 Å². The maximum atomic E-state index is 5.07. The predicted molar refractivity (Wildman–Crippen MR) is 138 cm³/mol. The van der Waals surface area contributed by atoms with E-state index in [0.29, 0.717) is 5.95 Å². The van der Waals surface area contributed by atoms with Crippen molar-refractivity contribution in [3.8, 4) is 11.3 Å². The first-order chi connectivity index (χ1) is 15.8. The van der Waals surface area contributed by atoms with Crippen molar-refractivity contribution in [1.82, 2.24) is 9.97 Å². The number of hydrogen-bond donors (Lipinski definition) is 0. The number of hydrazone groups is 1. The van der Waals surface area contributed by atoms with E-state index in [9.17, 15) is 0 Å². The third kappa shape index (κ3) is 3.56. The van der Waals surface area contributed by atoms with E-state index in [-0.39, 0.29) is 6.04 Å². The molecule has 0 aliphatic carbocycles. The molecular weight excluding hydrogens is 500 g/mol. The van der Waals surface area contributed by atoms with Crippen LogP contribution in [0.4, 0.5) is 5.95 Å². The fourth-order valence-electron chi connectivity index (χ4n) is 4.00. The third-order valence-electron chi connectivity index (χ3n) is 5.49. The first-order valence-corrected chi connectivity index (χ1v) is 12.8. The second kappa shape index (κ2) is 8.24. The van der Waals surface area contributed by atoms with E-state index in [0.717, 1.165) is 38.8 Å². The standard InChI is InChI=1S/C25H17BrN4S2/c26-17-10-11-19-18(14-17)24(16-6-2-1-3-7-16)28-25(27-19)30-21(23-9-5-13-32-23)15-20(29-30)22-8-4-12-31-22/h1-14,21H,15H2/t21-/m0/s1. The largest absolute Gasteiger partial charge is 0.247 e. The van der Waals surface area contributed by atoms with Crippen molar-refractivity contribution < 1.29 is 0 Å². The number of rotatable bonds is 4. The van der Waals surface area contributed by atoms with Crippen molar-refractivity contribution in [1.29, 1.82) is 0 Å². The van der Waals surface area contributed by atoms with Gasteiger partial charge in [0.15, 0.2) is 0 Å². The van der Waals surface area contributed by atoms with Crippen LogP contribution in [0.3, 0.4) is 0 Å². The van der Waals surface area contributed by atoms with Crippen molar-refractivity contribution in [2.75, 3.05) is 5.01 Å². The first-order valence-electron chi connectivity index (χ1n) is 10.2. The second-order valence-corrected chi connectivity index (χ2v) is 10.3. The van der Waals surface area contributed by atoms with Crippen LogP contribution in [-0.2, 0) is 0 Å². The minimum Gasteiger partial charge on any atom is -0.223 e. The summed E-state index contributed by atoms with van der Waals surface area (Å²) < 4.78 is 1.01. The van der Waals surface area contributed by atoms with Crippen LogP contribution in [0.25, 0.3) is 22.2 Å². The van der Waals surface area contributed by atoms with Crippen molar-refractivity contribution in [2.45, 2.75) is 12.5 Å². The van der Waals surface area contributed by atoms with E-state index in [2.05, 4.69) is 69.2 Å². The van der Waals surface area contributed by atoms with Gasteiger partial charge in [0, 0.05) is 26.7 Å². The molecule has 1 atom stereocenters. The summed E-state index contributed by atoms with van der Waals surface area (Å²) in [4.78, 5) is 12.5. The van der Waals surface area contributed by atoms with Gasteiger partial charge in [0.25, 0.3) is 0 Å². The molecule has 6 rings (SSSR count). The normalized spacial score (nSPS) is 16.0. The maximum Gasteiger partial charge on any atom is 0.247 e. The Hall–Kier alpha value is -2.87. The Morgan fingerprint density at radius 3 is 2.50 bits per heavy atom. The summed E-state index contributed by atoms with van der Waals surface area (Å²) in [7, 11) is 0. The summed E-state index contributed by atoms with van der Waals surface area (Å²) in [6, 6.07) is 25.0. The maximum absolute atomic E-state index is 5.07. The Bertz CT molecular complexity index is 1410. The number of halogens is 1. The van der Waals surface area contributed by atoms with Crippen LogP contribution < -0.4 is 5.01 Å². The zero-order valence-electron chi connectivity index (χ0n) is 16.9. The zero-order chi connectivity index (χ0) is 21.5. The van der Waals surface area contributed by atoms with Crippen molar-refractivity contribution in [3.05, 3.63) is 97.8 Å². The fraction of sp³-hybridized carbons (Fsp3) is 0.0800. The molecule has 0 amide bonds. The minimum absolute atomic E-state index is 0.0867. The molecule has 4 heterocycles.